The van der Waals surface area contributed by atoms with Crippen molar-refractivity contribution in [3.8, 4) is 0 Å². The predicted octanol–water partition coefficient (Wildman–Crippen LogP) is 5.44. The van der Waals surface area contributed by atoms with Crippen LogP contribution in [0.25, 0.3) is 0 Å². The zero-order valence-corrected chi connectivity index (χ0v) is 28.0. The van der Waals surface area contributed by atoms with Crippen LogP contribution in [0.5, 0.6) is 0 Å². The van der Waals surface area contributed by atoms with Crippen LogP contribution in [-0.2, 0) is 11.3 Å². The van der Waals surface area contributed by atoms with E-state index in [0.717, 1.165) is 88.4 Å². The van der Waals surface area contributed by atoms with E-state index in [2.05, 4.69) is 48.5 Å². The molecule has 2 unspecified atom stereocenters. The van der Waals surface area contributed by atoms with Crippen molar-refractivity contribution in [2.75, 3.05) is 38.2 Å². The van der Waals surface area contributed by atoms with Gasteiger partial charge in [-0.3, -0.25) is 9.69 Å². The Morgan fingerprint density at radius 2 is 1.83 bits per heavy atom. The lowest BCUT2D eigenvalue weighted by Gasteiger charge is -2.40. The maximum absolute atomic E-state index is 14.1. The summed E-state index contributed by atoms with van der Waals surface area (Å²) >= 11 is 0. The molecule has 5 aliphatic rings. The molecule has 2 aliphatic carbocycles. The van der Waals surface area contributed by atoms with Gasteiger partial charge in [-0.2, -0.15) is 0 Å². The number of hydrogen-bond acceptors (Lipinski definition) is 7. The molecule has 3 amide bonds. The van der Waals surface area contributed by atoms with Crippen LogP contribution < -0.4 is 10.6 Å². The largest absolute Gasteiger partial charge is 0.381 e. The molecule has 250 valence electrons. The normalized spacial score (nSPS) is 25.5. The predicted molar refractivity (Wildman–Crippen MR) is 182 cm³/mol. The summed E-state index contributed by atoms with van der Waals surface area (Å²) in [6, 6.07) is 8.44. The second-order valence-electron chi connectivity index (χ2n) is 14.2. The van der Waals surface area contributed by atoms with Gasteiger partial charge in [-0.15, -0.1) is 0 Å². The van der Waals surface area contributed by atoms with E-state index in [1.54, 1.807) is 12.1 Å². The zero-order chi connectivity index (χ0) is 32.5. The lowest BCUT2D eigenvalue weighted by atomic mass is 9.95. The van der Waals surface area contributed by atoms with Crippen molar-refractivity contribution < 1.29 is 14.3 Å². The molecular weight excluding hydrogens is 590 g/mol. The van der Waals surface area contributed by atoms with E-state index in [-0.39, 0.29) is 30.1 Å². The quantitative estimate of drug-likeness (QED) is 0.353. The highest BCUT2D eigenvalue weighted by Gasteiger charge is 2.50. The Morgan fingerprint density at radius 3 is 2.55 bits per heavy atom. The summed E-state index contributed by atoms with van der Waals surface area (Å²) in [6.45, 7) is 10.9. The van der Waals surface area contributed by atoms with Gasteiger partial charge in [0.15, 0.2) is 0 Å². The number of aromatic nitrogens is 2. The van der Waals surface area contributed by atoms with Gasteiger partial charge >= 0.3 is 6.03 Å². The Labute approximate surface area is 278 Å². The molecule has 10 heteroatoms. The van der Waals surface area contributed by atoms with E-state index in [1.807, 2.05) is 39.1 Å². The standard InChI is InChI=1S/C37H49N7O3/c1-24(2)39-35(45)26-8-10-29(11-9-26)41-36-38-21-28(25(3)40-36)22-42-16-12-31(13-17-42)44-34(32-7-5-4-6-27-20-33(27)32)23-43(37(44)46)30-14-18-47-19-15-30/h4,6-11,21,24,27,30-31,33-34H,5,12-20,22-23H2,1-3H3,(H,39,45)(H,38,40,41)/t27?,33?,34-/m0/s1. The van der Waals surface area contributed by atoms with Crippen molar-refractivity contribution in [1.82, 2.24) is 30.0 Å². The summed E-state index contributed by atoms with van der Waals surface area (Å²) in [5, 5.41) is 6.18. The number of anilines is 2. The minimum Gasteiger partial charge on any atom is -0.381 e. The molecule has 47 heavy (non-hydrogen) atoms. The number of urea groups is 1. The molecule has 0 radical (unpaired) electrons. The maximum Gasteiger partial charge on any atom is 0.321 e. The molecule has 0 bridgehead atoms. The van der Waals surface area contributed by atoms with E-state index in [4.69, 9.17) is 9.72 Å². The summed E-state index contributed by atoms with van der Waals surface area (Å²) in [7, 11) is 0. The minimum atomic E-state index is -0.0817. The second kappa shape index (κ2) is 13.8. The summed E-state index contributed by atoms with van der Waals surface area (Å²) in [6.07, 6.45) is 15.1. The smallest absolute Gasteiger partial charge is 0.321 e. The SMILES string of the molecule is Cc1nc(Nc2ccc(C(=O)NC(C)C)cc2)ncc1CN1CCC(N2C(=O)N(C3CCOCC3)C[C@H]2C2=CCC=CC3CC23)CC1. The summed E-state index contributed by atoms with van der Waals surface area (Å²) in [5.74, 6) is 1.73. The van der Waals surface area contributed by atoms with E-state index in [9.17, 15) is 9.59 Å². The molecule has 2 N–H and O–H groups in total. The Hall–Kier alpha value is -3.76. The van der Waals surface area contributed by atoms with E-state index >= 15 is 0 Å². The molecule has 1 aromatic heterocycles. The number of carbonyl (C=O) groups is 2. The van der Waals surface area contributed by atoms with Crippen molar-refractivity contribution >= 4 is 23.6 Å². The number of rotatable bonds is 9. The fraction of sp³-hybridized carbons (Fsp3) is 0.568. The van der Waals surface area contributed by atoms with Crippen molar-refractivity contribution in [1.29, 1.82) is 0 Å². The summed E-state index contributed by atoms with van der Waals surface area (Å²) < 4.78 is 5.64. The van der Waals surface area contributed by atoms with Crippen LogP contribution in [0.3, 0.4) is 0 Å². The number of hydrogen-bond donors (Lipinski definition) is 2. The fourth-order valence-electron chi connectivity index (χ4n) is 7.90. The highest BCUT2D eigenvalue weighted by atomic mass is 16.5. The monoisotopic (exact) mass is 639 g/mol. The van der Waals surface area contributed by atoms with Gasteiger partial charge in [0.05, 0.1) is 6.04 Å². The van der Waals surface area contributed by atoms with Crippen LogP contribution in [0.4, 0.5) is 16.4 Å². The average molecular weight is 640 g/mol. The van der Waals surface area contributed by atoms with Crippen molar-refractivity contribution in [2.24, 2.45) is 11.8 Å². The number of carbonyl (C=O) groups excluding carboxylic acids is 2. The van der Waals surface area contributed by atoms with Crippen LogP contribution in [0.1, 0.15) is 74.0 Å². The first-order chi connectivity index (χ1) is 22.8. The molecule has 2 aromatic rings. The van der Waals surface area contributed by atoms with Gasteiger partial charge < -0.3 is 25.2 Å². The average Bonchev–Trinajstić information content (AvgIpc) is 3.79. The highest BCUT2D eigenvalue weighted by molar-refractivity contribution is 5.94. The number of allylic oxidation sites excluding steroid dienone is 3. The van der Waals surface area contributed by atoms with E-state index in [0.29, 0.717) is 29.4 Å². The first kappa shape index (κ1) is 31.8. The second-order valence-corrected chi connectivity index (χ2v) is 14.2. The topological polar surface area (TPSA) is 103 Å². The third kappa shape index (κ3) is 7.09. The number of nitrogens with zero attached hydrogens (tertiary/aromatic N) is 5. The van der Waals surface area contributed by atoms with Crippen LogP contribution in [0.2, 0.25) is 0 Å². The minimum absolute atomic E-state index is 0.0817. The number of likely N-dealkylation sites (tertiary alicyclic amines) is 1. The molecule has 1 aromatic carbocycles. The summed E-state index contributed by atoms with van der Waals surface area (Å²) in [4.78, 5) is 42.7. The molecule has 4 heterocycles. The Bertz CT molecular complexity index is 1510. The number of nitrogens with one attached hydrogen (secondary N) is 2. The highest BCUT2D eigenvalue weighted by Crippen LogP contribution is 2.50. The molecule has 4 fully saturated rings. The third-order valence-electron chi connectivity index (χ3n) is 10.6. The third-order valence-corrected chi connectivity index (χ3v) is 10.6. The summed E-state index contributed by atoms with van der Waals surface area (Å²) in [5.41, 5.74) is 5.04. The van der Waals surface area contributed by atoms with Crippen LogP contribution >= 0.6 is 0 Å². The van der Waals surface area contributed by atoms with Crippen molar-refractivity contribution in [3.63, 3.8) is 0 Å². The Balaban J connectivity index is 0.970. The number of piperidine rings is 1. The van der Waals surface area contributed by atoms with Crippen LogP contribution in [0.15, 0.2) is 54.3 Å². The Kier molecular flexibility index (Phi) is 9.32. The van der Waals surface area contributed by atoms with E-state index in [1.165, 1.54) is 12.0 Å². The van der Waals surface area contributed by atoms with Gasteiger partial charge in [-0.25, -0.2) is 14.8 Å². The first-order valence-corrected chi connectivity index (χ1v) is 17.6. The molecule has 3 atom stereocenters. The van der Waals surface area contributed by atoms with Gasteiger partial charge in [-0.1, -0.05) is 18.2 Å². The first-order valence-electron chi connectivity index (χ1n) is 17.6. The van der Waals surface area contributed by atoms with Crippen molar-refractivity contribution in [2.45, 2.75) is 90.0 Å². The molecule has 1 saturated carbocycles. The number of ether oxygens (including phenoxy) is 1. The number of fused-ring (bicyclic) bond motifs is 1. The number of aryl methyl sites for hydroxylation is 1. The molecule has 10 nitrogen and oxygen atoms in total. The van der Waals surface area contributed by atoms with Gasteiger partial charge in [0, 0.05) is 86.2 Å². The Morgan fingerprint density at radius 1 is 1.06 bits per heavy atom. The maximum atomic E-state index is 14.1. The van der Waals surface area contributed by atoms with Gasteiger partial charge in [0.2, 0.25) is 5.95 Å². The fourth-order valence-corrected chi connectivity index (χ4v) is 7.90. The van der Waals surface area contributed by atoms with Gasteiger partial charge in [-0.05, 0) is 101 Å². The van der Waals surface area contributed by atoms with Crippen LogP contribution in [-0.4, -0.2) is 93.6 Å². The lowest BCUT2D eigenvalue weighted by molar-refractivity contribution is 0.0493. The molecule has 7 rings (SSSR count). The number of benzene rings is 1. The molecular formula is C37H49N7O3. The van der Waals surface area contributed by atoms with E-state index < -0.39 is 0 Å². The van der Waals surface area contributed by atoms with Gasteiger partial charge in [0.1, 0.15) is 0 Å². The van der Waals surface area contributed by atoms with Crippen molar-refractivity contribution in [3.05, 3.63) is 71.1 Å². The molecule has 3 aliphatic heterocycles. The zero-order valence-electron chi connectivity index (χ0n) is 28.0. The van der Waals surface area contributed by atoms with Crippen LogP contribution in [0, 0.1) is 18.8 Å². The molecule has 3 saturated heterocycles. The van der Waals surface area contributed by atoms with Gasteiger partial charge in [0.25, 0.3) is 5.91 Å². The molecule has 0 spiro atoms. The number of amides is 3. The lowest BCUT2D eigenvalue weighted by Crippen LogP contribution is -2.50.